The maximum Gasteiger partial charge on any atom is 0.264 e. The monoisotopic (exact) mass is 424 g/mol. The van der Waals surface area contributed by atoms with Gasteiger partial charge in [0.15, 0.2) is 5.60 Å². The molecule has 1 aliphatic heterocycles. The van der Waals surface area contributed by atoms with E-state index in [1.165, 1.54) is 11.3 Å². The molecule has 0 fully saturated rings. The summed E-state index contributed by atoms with van der Waals surface area (Å²) in [6.07, 6.45) is 6.12. The third-order valence-electron chi connectivity index (χ3n) is 5.76. The van der Waals surface area contributed by atoms with Crippen LogP contribution in [0.2, 0.25) is 0 Å². The Balaban J connectivity index is 1.48. The van der Waals surface area contributed by atoms with Crippen LogP contribution in [-0.2, 0) is 17.8 Å². The summed E-state index contributed by atoms with van der Waals surface area (Å²) in [5.74, 6) is 0.848. The number of phenols is 1. The number of nitrogens with zero attached hydrogens (tertiary/aromatic N) is 3. The number of thiazole rings is 1. The first-order valence-corrected chi connectivity index (χ1v) is 10.7. The fraction of sp³-hybridized carbons (Fsp3) is 0.364. The topological polar surface area (TPSA) is 97.2 Å². The van der Waals surface area contributed by atoms with E-state index in [0.29, 0.717) is 36.6 Å². The molecule has 1 amide bonds. The van der Waals surface area contributed by atoms with Crippen LogP contribution in [0.3, 0.4) is 0 Å². The number of ether oxygens (including phenoxy) is 1. The van der Waals surface area contributed by atoms with Gasteiger partial charge in [0.05, 0.1) is 18.4 Å². The highest BCUT2D eigenvalue weighted by molar-refractivity contribution is 7.13. The van der Waals surface area contributed by atoms with E-state index < -0.39 is 5.60 Å². The Kier molecular flexibility index (Phi) is 5.19. The third-order valence-corrected chi connectivity index (χ3v) is 6.68. The van der Waals surface area contributed by atoms with E-state index in [9.17, 15) is 9.90 Å². The van der Waals surface area contributed by atoms with Gasteiger partial charge in [-0.1, -0.05) is 0 Å². The van der Waals surface area contributed by atoms with Gasteiger partial charge in [0.1, 0.15) is 22.2 Å². The van der Waals surface area contributed by atoms with E-state index in [1.807, 2.05) is 33.1 Å². The molecule has 0 saturated carbocycles. The van der Waals surface area contributed by atoms with Crippen LogP contribution in [0.4, 0.5) is 0 Å². The van der Waals surface area contributed by atoms with Gasteiger partial charge in [-0.3, -0.25) is 14.8 Å². The van der Waals surface area contributed by atoms with E-state index in [-0.39, 0.29) is 5.91 Å². The summed E-state index contributed by atoms with van der Waals surface area (Å²) in [6, 6.07) is 0. The van der Waals surface area contributed by atoms with Crippen molar-refractivity contribution in [1.82, 2.24) is 20.3 Å². The van der Waals surface area contributed by atoms with Gasteiger partial charge >= 0.3 is 0 Å². The number of fused-ring (bicyclic) bond motifs is 1. The molecule has 7 nitrogen and oxygen atoms in total. The second-order valence-corrected chi connectivity index (χ2v) is 8.64. The minimum Gasteiger partial charge on any atom is -0.507 e. The lowest BCUT2D eigenvalue weighted by molar-refractivity contribution is -0.137. The van der Waals surface area contributed by atoms with Crippen molar-refractivity contribution in [3.05, 3.63) is 51.9 Å². The van der Waals surface area contributed by atoms with E-state index >= 15 is 0 Å². The van der Waals surface area contributed by atoms with Crippen molar-refractivity contribution >= 4 is 17.2 Å². The first-order chi connectivity index (χ1) is 14.3. The Morgan fingerprint density at radius 3 is 2.80 bits per heavy atom. The van der Waals surface area contributed by atoms with Crippen LogP contribution in [0.1, 0.15) is 41.3 Å². The lowest BCUT2D eigenvalue weighted by atomic mass is 9.86. The fourth-order valence-electron chi connectivity index (χ4n) is 3.68. The summed E-state index contributed by atoms with van der Waals surface area (Å²) < 4.78 is 6.23. The van der Waals surface area contributed by atoms with Gasteiger partial charge in [0, 0.05) is 29.8 Å². The van der Waals surface area contributed by atoms with Crippen molar-refractivity contribution in [3.63, 3.8) is 0 Å². The molecule has 3 aromatic rings. The van der Waals surface area contributed by atoms with Crippen molar-refractivity contribution in [2.75, 3.05) is 0 Å². The second-order valence-electron chi connectivity index (χ2n) is 7.78. The zero-order chi connectivity index (χ0) is 21.5. The molecule has 2 N–H and O–H groups in total. The van der Waals surface area contributed by atoms with Gasteiger partial charge in [-0.2, -0.15) is 0 Å². The predicted molar refractivity (Wildman–Crippen MR) is 115 cm³/mol. The average Bonchev–Trinajstić information content (AvgIpc) is 3.24. The van der Waals surface area contributed by atoms with E-state index in [1.54, 1.807) is 18.6 Å². The Bertz CT molecular complexity index is 1110. The number of aromatic nitrogens is 3. The highest BCUT2D eigenvalue weighted by atomic mass is 32.1. The van der Waals surface area contributed by atoms with Crippen LogP contribution in [0.25, 0.3) is 10.7 Å². The Labute approximate surface area is 179 Å². The van der Waals surface area contributed by atoms with Crippen LogP contribution in [-0.4, -0.2) is 31.6 Å². The lowest BCUT2D eigenvalue weighted by Gasteiger charge is -2.36. The summed E-state index contributed by atoms with van der Waals surface area (Å²) in [6.45, 7) is 7.80. The van der Waals surface area contributed by atoms with Gasteiger partial charge in [0.2, 0.25) is 0 Å². The molecule has 0 radical (unpaired) electrons. The Morgan fingerprint density at radius 1 is 1.27 bits per heavy atom. The lowest BCUT2D eigenvalue weighted by Crippen LogP contribution is -2.50. The first kappa shape index (κ1) is 20.3. The molecular weight excluding hydrogens is 400 g/mol. The molecule has 0 spiro atoms. The number of carbonyl (C=O) groups is 1. The zero-order valence-electron chi connectivity index (χ0n) is 17.4. The van der Waals surface area contributed by atoms with Crippen molar-refractivity contribution in [3.8, 4) is 22.2 Å². The maximum absolute atomic E-state index is 13.0. The van der Waals surface area contributed by atoms with Gasteiger partial charge in [-0.05, 0) is 50.8 Å². The molecule has 8 heteroatoms. The van der Waals surface area contributed by atoms with Crippen molar-refractivity contribution < 1.29 is 14.6 Å². The minimum atomic E-state index is -0.975. The number of carbonyl (C=O) groups excluding carboxylic acids is 1. The number of amides is 1. The fourth-order valence-corrected chi connectivity index (χ4v) is 4.46. The number of rotatable bonds is 4. The molecule has 4 rings (SSSR count). The molecule has 0 aliphatic carbocycles. The zero-order valence-corrected chi connectivity index (χ0v) is 18.3. The first-order valence-electron chi connectivity index (χ1n) is 9.80. The van der Waals surface area contributed by atoms with Crippen LogP contribution >= 0.6 is 11.3 Å². The van der Waals surface area contributed by atoms with Gasteiger partial charge in [0.25, 0.3) is 5.91 Å². The molecule has 0 saturated heterocycles. The number of nitrogens with one attached hydrogen (secondary N) is 1. The SMILES string of the molecule is Cc1c(C)c2c(c(C)c1O)CC[C@@](C)(C(=O)NCc1csc(-c3cnccn3)n1)O2. The van der Waals surface area contributed by atoms with Crippen LogP contribution < -0.4 is 10.1 Å². The van der Waals surface area contributed by atoms with E-state index in [0.717, 1.165) is 33.0 Å². The Hall–Kier alpha value is -3.00. The summed E-state index contributed by atoms with van der Waals surface area (Å²) in [5.41, 5.74) is 3.97. The van der Waals surface area contributed by atoms with Crippen molar-refractivity contribution in [2.45, 2.75) is 52.7 Å². The smallest absolute Gasteiger partial charge is 0.264 e. The largest absolute Gasteiger partial charge is 0.507 e. The summed E-state index contributed by atoms with van der Waals surface area (Å²) >= 11 is 1.47. The number of benzene rings is 1. The predicted octanol–water partition coefficient (Wildman–Crippen LogP) is 3.63. The minimum absolute atomic E-state index is 0.176. The molecule has 1 atom stereocenters. The molecule has 3 heterocycles. The third kappa shape index (κ3) is 3.52. The number of hydrogen-bond donors (Lipinski definition) is 2. The number of phenolic OH excluding ortho intramolecular Hbond substituents is 1. The quantitative estimate of drug-likeness (QED) is 0.664. The van der Waals surface area contributed by atoms with E-state index in [2.05, 4.69) is 20.3 Å². The average molecular weight is 425 g/mol. The van der Waals surface area contributed by atoms with Crippen LogP contribution in [0, 0.1) is 20.8 Å². The van der Waals surface area contributed by atoms with Gasteiger partial charge in [-0.15, -0.1) is 11.3 Å². The molecule has 30 heavy (non-hydrogen) atoms. The summed E-state index contributed by atoms with van der Waals surface area (Å²) in [4.78, 5) is 25.8. The highest BCUT2D eigenvalue weighted by Gasteiger charge is 2.40. The molecule has 1 aromatic carbocycles. The molecule has 156 valence electrons. The molecular formula is C22H24N4O3S. The molecule has 1 aliphatic rings. The Morgan fingerprint density at radius 2 is 2.07 bits per heavy atom. The summed E-state index contributed by atoms with van der Waals surface area (Å²) in [5, 5.41) is 16.0. The standard InChI is InChI=1S/C22H24N4O3S/c1-12-13(2)19-16(14(3)18(12)27)5-6-22(4,29-19)21(28)25-9-15-11-30-20(26-15)17-10-23-7-8-24-17/h7-8,10-11,27H,5-6,9H2,1-4H3,(H,25,28)/t22-/m0/s1. The molecule has 0 unspecified atom stereocenters. The molecule has 0 bridgehead atoms. The van der Waals surface area contributed by atoms with Gasteiger partial charge in [-0.25, -0.2) is 4.98 Å². The van der Waals surface area contributed by atoms with Crippen LogP contribution in [0.15, 0.2) is 24.0 Å². The second kappa shape index (κ2) is 7.68. The summed E-state index contributed by atoms with van der Waals surface area (Å²) in [7, 11) is 0. The van der Waals surface area contributed by atoms with E-state index in [4.69, 9.17) is 4.74 Å². The number of hydrogen-bond acceptors (Lipinski definition) is 7. The normalized spacial score (nSPS) is 17.9. The molecule has 2 aromatic heterocycles. The van der Waals surface area contributed by atoms with Crippen molar-refractivity contribution in [2.24, 2.45) is 0 Å². The maximum atomic E-state index is 13.0. The highest BCUT2D eigenvalue weighted by Crippen LogP contribution is 2.43. The van der Waals surface area contributed by atoms with Gasteiger partial charge < -0.3 is 15.2 Å². The van der Waals surface area contributed by atoms with Crippen LogP contribution in [0.5, 0.6) is 11.5 Å². The number of aromatic hydroxyl groups is 1. The van der Waals surface area contributed by atoms with Crippen molar-refractivity contribution in [1.29, 1.82) is 0 Å².